The molecule has 0 fully saturated rings. The second-order valence-electron chi connectivity index (χ2n) is 4.93. The number of aryl methyl sites for hydroxylation is 1. The van der Waals surface area contributed by atoms with Crippen molar-refractivity contribution in [2.24, 2.45) is 0 Å². The van der Waals surface area contributed by atoms with Crippen LogP contribution in [0.15, 0.2) is 42.7 Å². The third-order valence-electron chi connectivity index (χ3n) is 3.23. The first-order valence-corrected chi connectivity index (χ1v) is 9.28. The van der Waals surface area contributed by atoms with E-state index in [9.17, 15) is 4.79 Å². The van der Waals surface area contributed by atoms with Gasteiger partial charge in [-0.1, -0.05) is 37.3 Å². The van der Waals surface area contributed by atoms with Gasteiger partial charge in [0.1, 0.15) is 16.4 Å². The highest BCUT2D eigenvalue weighted by atomic mass is 32.1. The maximum absolute atomic E-state index is 12.2. The zero-order chi connectivity index (χ0) is 18.9. The van der Waals surface area contributed by atoms with Crippen LogP contribution in [0.3, 0.4) is 0 Å². The highest BCUT2D eigenvalue weighted by Crippen LogP contribution is 2.32. The molecule has 0 atom stereocenters. The molecule has 6 nitrogen and oxygen atoms in total. The lowest BCUT2D eigenvalue weighted by Gasteiger charge is -2.03. The molecular formula is C19H22N4O2S. The van der Waals surface area contributed by atoms with Crippen LogP contribution in [0.1, 0.15) is 36.0 Å². The highest BCUT2D eigenvalue weighted by molar-refractivity contribution is 7.18. The molecule has 0 aromatic carbocycles. The Morgan fingerprint density at radius 3 is 2.58 bits per heavy atom. The molecule has 0 aliphatic rings. The van der Waals surface area contributed by atoms with Gasteiger partial charge in [-0.05, 0) is 37.6 Å². The third-order valence-corrected chi connectivity index (χ3v) is 4.18. The maximum atomic E-state index is 12.2. The van der Waals surface area contributed by atoms with Gasteiger partial charge in [0, 0.05) is 12.4 Å². The lowest BCUT2D eigenvalue weighted by Crippen LogP contribution is -2.04. The van der Waals surface area contributed by atoms with E-state index in [4.69, 9.17) is 4.74 Å². The van der Waals surface area contributed by atoms with Gasteiger partial charge in [0.25, 0.3) is 0 Å². The van der Waals surface area contributed by atoms with Crippen molar-refractivity contribution < 1.29 is 9.53 Å². The molecule has 136 valence electrons. The summed E-state index contributed by atoms with van der Waals surface area (Å²) in [7, 11) is 0. The Morgan fingerprint density at radius 2 is 1.92 bits per heavy atom. The van der Waals surface area contributed by atoms with Crippen LogP contribution in [0.25, 0.3) is 11.4 Å². The zero-order valence-electron chi connectivity index (χ0n) is 15.3. The van der Waals surface area contributed by atoms with Crippen molar-refractivity contribution in [2.45, 2.75) is 27.7 Å². The second-order valence-corrected chi connectivity index (χ2v) is 5.93. The largest absolute Gasteiger partial charge is 0.462 e. The van der Waals surface area contributed by atoms with Gasteiger partial charge in [0.15, 0.2) is 5.13 Å². The number of ether oxygens (including phenoxy) is 1. The van der Waals surface area contributed by atoms with E-state index in [-0.39, 0.29) is 0 Å². The Hall–Kier alpha value is -2.80. The van der Waals surface area contributed by atoms with Gasteiger partial charge in [-0.15, -0.1) is 0 Å². The van der Waals surface area contributed by atoms with Crippen molar-refractivity contribution in [3.05, 3.63) is 53.2 Å². The average Bonchev–Trinajstić information content (AvgIpc) is 3.10. The number of rotatable bonds is 5. The molecule has 0 spiro atoms. The number of anilines is 2. The number of aromatic nitrogens is 3. The molecule has 7 heteroatoms. The fourth-order valence-corrected chi connectivity index (χ4v) is 2.97. The molecule has 0 radical (unpaired) electrons. The van der Waals surface area contributed by atoms with Gasteiger partial charge in [0.05, 0.1) is 12.3 Å². The van der Waals surface area contributed by atoms with Crippen molar-refractivity contribution in [1.29, 1.82) is 0 Å². The predicted octanol–water partition coefficient (Wildman–Crippen LogP) is 4.86. The van der Waals surface area contributed by atoms with Gasteiger partial charge in [-0.25, -0.2) is 14.8 Å². The van der Waals surface area contributed by atoms with Crippen molar-refractivity contribution in [2.75, 3.05) is 11.9 Å². The normalized spacial score (nSPS) is 9.85. The number of nitrogens with zero attached hydrogens (tertiary/aromatic N) is 3. The van der Waals surface area contributed by atoms with Gasteiger partial charge in [-0.2, -0.15) is 0 Å². The van der Waals surface area contributed by atoms with E-state index in [0.717, 1.165) is 5.56 Å². The van der Waals surface area contributed by atoms with Crippen LogP contribution >= 0.6 is 11.3 Å². The van der Waals surface area contributed by atoms with Gasteiger partial charge < -0.3 is 10.1 Å². The molecule has 3 rings (SSSR count). The molecule has 3 aromatic heterocycles. The summed E-state index contributed by atoms with van der Waals surface area (Å²) in [5.41, 5.74) is 2.13. The molecule has 26 heavy (non-hydrogen) atoms. The van der Waals surface area contributed by atoms with E-state index in [2.05, 4.69) is 20.3 Å². The predicted molar refractivity (Wildman–Crippen MR) is 105 cm³/mol. The number of carbonyl (C=O) groups is 1. The summed E-state index contributed by atoms with van der Waals surface area (Å²) in [6, 6.07) is 9.30. The Morgan fingerprint density at radius 1 is 1.15 bits per heavy atom. The van der Waals surface area contributed by atoms with Gasteiger partial charge >= 0.3 is 5.97 Å². The molecule has 0 amide bonds. The van der Waals surface area contributed by atoms with E-state index >= 15 is 0 Å². The van der Waals surface area contributed by atoms with E-state index in [1.54, 1.807) is 19.3 Å². The summed E-state index contributed by atoms with van der Waals surface area (Å²) in [4.78, 5) is 25.8. The SMILES string of the molecule is CC.CCOC(=O)c1sc(Nc2ncccc2C)nc1-c1ccccn1. The van der Waals surface area contributed by atoms with Crippen molar-refractivity contribution in [3.63, 3.8) is 0 Å². The third kappa shape index (κ3) is 4.64. The van der Waals surface area contributed by atoms with Crippen LogP contribution in [0.5, 0.6) is 0 Å². The summed E-state index contributed by atoms with van der Waals surface area (Å²) in [6.07, 6.45) is 3.37. The van der Waals surface area contributed by atoms with Crippen molar-refractivity contribution >= 4 is 28.3 Å². The first kappa shape index (κ1) is 19.5. The van der Waals surface area contributed by atoms with Gasteiger partial charge in [0.2, 0.25) is 0 Å². The Bertz CT molecular complexity index is 850. The summed E-state index contributed by atoms with van der Waals surface area (Å²) < 4.78 is 5.14. The van der Waals surface area contributed by atoms with Crippen molar-refractivity contribution in [1.82, 2.24) is 15.0 Å². The minimum absolute atomic E-state index is 0.306. The Balaban J connectivity index is 0.00000117. The summed E-state index contributed by atoms with van der Waals surface area (Å²) >= 11 is 1.23. The molecule has 0 saturated heterocycles. The molecule has 0 aliphatic heterocycles. The Kier molecular flexibility index (Phi) is 7.23. The number of thiazole rings is 1. The zero-order valence-corrected chi connectivity index (χ0v) is 16.1. The fourth-order valence-electron chi connectivity index (χ4n) is 2.10. The van der Waals surface area contributed by atoms with E-state index in [0.29, 0.717) is 33.8 Å². The maximum Gasteiger partial charge on any atom is 0.350 e. The number of pyridine rings is 2. The lowest BCUT2D eigenvalue weighted by atomic mass is 10.2. The minimum Gasteiger partial charge on any atom is -0.462 e. The molecule has 3 heterocycles. The van der Waals surface area contributed by atoms with Crippen LogP contribution in [0.4, 0.5) is 10.9 Å². The van der Waals surface area contributed by atoms with Gasteiger partial charge in [-0.3, -0.25) is 4.98 Å². The van der Waals surface area contributed by atoms with Crippen LogP contribution in [0.2, 0.25) is 0 Å². The second kappa shape index (κ2) is 9.62. The molecule has 0 bridgehead atoms. The van der Waals surface area contributed by atoms with Crippen molar-refractivity contribution in [3.8, 4) is 11.4 Å². The molecule has 3 aromatic rings. The minimum atomic E-state index is -0.401. The highest BCUT2D eigenvalue weighted by Gasteiger charge is 2.21. The summed E-state index contributed by atoms with van der Waals surface area (Å²) in [6.45, 7) is 8.03. The number of nitrogens with one attached hydrogen (secondary N) is 1. The molecule has 0 unspecified atom stereocenters. The molecule has 0 saturated carbocycles. The number of carbonyl (C=O) groups excluding carboxylic acids is 1. The number of hydrogen-bond donors (Lipinski definition) is 1. The van der Waals surface area contributed by atoms with Crippen LogP contribution in [0, 0.1) is 6.92 Å². The first-order chi connectivity index (χ1) is 12.7. The van der Waals surface area contributed by atoms with Crippen LogP contribution < -0.4 is 5.32 Å². The molecular weight excluding hydrogens is 348 g/mol. The standard InChI is InChI=1S/C17H16N4O2S.C2H6/c1-3-23-16(22)14-13(12-8-4-5-9-18-12)20-17(24-14)21-15-11(2)7-6-10-19-15;1-2/h4-10H,3H2,1-2H3,(H,19,20,21);1-2H3. The topological polar surface area (TPSA) is 77.0 Å². The molecule has 0 aliphatic carbocycles. The smallest absolute Gasteiger partial charge is 0.350 e. The number of esters is 1. The summed E-state index contributed by atoms with van der Waals surface area (Å²) in [5, 5.41) is 3.73. The monoisotopic (exact) mass is 370 g/mol. The first-order valence-electron chi connectivity index (χ1n) is 8.47. The van der Waals surface area contributed by atoms with E-state index < -0.39 is 5.97 Å². The van der Waals surface area contributed by atoms with E-state index in [1.165, 1.54) is 11.3 Å². The molecule has 1 N–H and O–H groups in total. The lowest BCUT2D eigenvalue weighted by molar-refractivity contribution is 0.0532. The van der Waals surface area contributed by atoms with E-state index in [1.807, 2.05) is 51.1 Å². The number of hydrogen-bond acceptors (Lipinski definition) is 7. The van der Waals surface area contributed by atoms with Crippen LogP contribution in [-0.2, 0) is 4.74 Å². The fraction of sp³-hybridized carbons (Fsp3) is 0.263. The summed E-state index contributed by atoms with van der Waals surface area (Å²) in [5.74, 6) is 0.302. The quantitative estimate of drug-likeness (QED) is 0.647. The average molecular weight is 370 g/mol. The Labute approximate surface area is 157 Å². The van der Waals surface area contributed by atoms with Crippen LogP contribution in [-0.4, -0.2) is 27.5 Å².